The van der Waals surface area contributed by atoms with E-state index in [0.717, 1.165) is 12.3 Å². The second-order valence-corrected chi connectivity index (χ2v) is 4.71. The lowest BCUT2D eigenvalue weighted by atomic mass is 9.92. The monoisotopic (exact) mass is 219 g/mol. The molecule has 0 radical (unpaired) electrons. The Bertz CT molecular complexity index is 301. The quantitative estimate of drug-likeness (QED) is 0.809. The summed E-state index contributed by atoms with van der Waals surface area (Å²) in [6.45, 7) is 2.59. The summed E-state index contributed by atoms with van der Waals surface area (Å²) in [6, 6.07) is 8.70. The van der Waals surface area contributed by atoms with Gasteiger partial charge in [-0.15, -0.1) is 0 Å². The molecule has 1 aromatic carbocycles. The van der Waals surface area contributed by atoms with Crippen LogP contribution in [-0.4, -0.2) is 24.8 Å². The molecule has 1 aromatic rings. The van der Waals surface area contributed by atoms with Gasteiger partial charge in [-0.1, -0.05) is 24.3 Å². The highest BCUT2D eigenvalue weighted by atomic mass is 16.2. The minimum Gasteiger partial charge on any atom is -0.396 e. The highest BCUT2D eigenvalue weighted by Crippen LogP contribution is 2.16. The molecule has 1 aliphatic rings. The zero-order chi connectivity index (χ0) is 11.2. The first-order valence-corrected chi connectivity index (χ1v) is 6.28. The molecule has 1 saturated heterocycles. The fourth-order valence-corrected chi connectivity index (χ4v) is 2.40. The van der Waals surface area contributed by atoms with Crippen molar-refractivity contribution in [3.8, 4) is 0 Å². The van der Waals surface area contributed by atoms with Gasteiger partial charge in [0.2, 0.25) is 0 Å². The molecular weight excluding hydrogens is 198 g/mol. The molecule has 1 atom stereocenters. The van der Waals surface area contributed by atoms with Gasteiger partial charge in [0.25, 0.3) is 0 Å². The third kappa shape index (κ3) is 3.32. The Morgan fingerprint density at radius 1 is 1.19 bits per heavy atom. The molecule has 2 N–H and O–H groups in total. The van der Waals surface area contributed by atoms with Crippen LogP contribution in [0.4, 0.5) is 0 Å². The second kappa shape index (κ2) is 6.02. The van der Waals surface area contributed by atoms with Crippen molar-refractivity contribution in [1.29, 1.82) is 0 Å². The standard InChI is InChI=1S/C14H21NO/c16-9-7-12-3-5-13(6-4-12)10-14-2-1-8-15-11-14/h3-6,14-16H,1-2,7-11H2. The lowest BCUT2D eigenvalue weighted by Gasteiger charge is -2.22. The van der Waals surface area contributed by atoms with Crippen molar-refractivity contribution in [3.63, 3.8) is 0 Å². The third-order valence-electron chi connectivity index (χ3n) is 3.35. The largest absolute Gasteiger partial charge is 0.396 e. The van der Waals surface area contributed by atoms with Crippen LogP contribution in [0.15, 0.2) is 24.3 Å². The van der Waals surface area contributed by atoms with Gasteiger partial charge >= 0.3 is 0 Å². The molecular formula is C14H21NO. The van der Waals surface area contributed by atoms with Crippen LogP contribution in [0, 0.1) is 5.92 Å². The highest BCUT2D eigenvalue weighted by Gasteiger charge is 2.12. The van der Waals surface area contributed by atoms with E-state index < -0.39 is 0 Å². The summed E-state index contributed by atoms with van der Waals surface area (Å²) in [5, 5.41) is 12.3. The summed E-state index contributed by atoms with van der Waals surface area (Å²) in [5.41, 5.74) is 2.66. The SMILES string of the molecule is OCCc1ccc(CC2CCCNC2)cc1. The van der Waals surface area contributed by atoms with Crippen molar-refractivity contribution in [2.45, 2.75) is 25.7 Å². The van der Waals surface area contributed by atoms with Crippen LogP contribution >= 0.6 is 0 Å². The van der Waals surface area contributed by atoms with Crippen LogP contribution < -0.4 is 5.32 Å². The van der Waals surface area contributed by atoms with Crippen molar-refractivity contribution in [2.24, 2.45) is 5.92 Å². The molecule has 88 valence electrons. The molecule has 2 nitrogen and oxygen atoms in total. The van der Waals surface area contributed by atoms with Crippen molar-refractivity contribution in [3.05, 3.63) is 35.4 Å². The maximum absolute atomic E-state index is 8.84. The Morgan fingerprint density at radius 2 is 1.94 bits per heavy atom. The fraction of sp³-hybridized carbons (Fsp3) is 0.571. The van der Waals surface area contributed by atoms with Crippen LogP contribution in [0.25, 0.3) is 0 Å². The normalized spacial score (nSPS) is 20.9. The number of aliphatic hydroxyl groups is 1. The number of nitrogens with one attached hydrogen (secondary N) is 1. The van der Waals surface area contributed by atoms with E-state index in [1.807, 2.05) is 0 Å². The Morgan fingerprint density at radius 3 is 2.56 bits per heavy atom. The molecule has 0 aromatic heterocycles. The number of benzene rings is 1. The van der Waals surface area contributed by atoms with Crippen molar-refractivity contribution >= 4 is 0 Å². The Kier molecular flexibility index (Phi) is 4.37. The summed E-state index contributed by atoms with van der Waals surface area (Å²) in [7, 11) is 0. The fourth-order valence-electron chi connectivity index (χ4n) is 2.40. The van der Waals surface area contributed by atoms with Gasteiger partial charge in [-0.3, -0.25) is 0 Å². The lowest BCUT2D eigenvalue weighted by molar-refractivity contribution is 0.299. The zero-order valence-electron chi connectivity index (χ0n) is 9.78. The summed E-state index contributed by atoms with van der Waals surface area (Å²) in [5.74, 6) is 0.803. The van der Waals surface area contributed by atoms with E-state index in [0.29, 0.717) is 0 Å². The first-order chi connectivity index (χ1) is 7.88. The molecule has 0 bridgehead atoms. The predicted octanol–water partition coefficient (Wildman–Crippen LogP) is 1.76. The van der Waals surface area contributed by atoms with Gasteiger partial charge in [0.1, 0.15) is 0 Å². The van der Waals surface area contributed by atoms with E-state index in [2.05, 4.69) is 29.6 Å². The van der Waals surface area contributed by atoms with E-state index in [1.54, 1.807) is 0 Å². The molecule has 0 aliphatic carbocycles. The number of rotatable bonds is 4. The van der Waals surface area contributed by atoms with Gasteiger partial charge in [-0.25, -0.2) is 0 Å². The maximum atomic E-state index is 8.84. The Balaban J connectivity index is 1.88. The molecule has 0 spiro atoms. The minimum atomic E-state index is 0.242. The highest BCUT2D eigenvalue weighted by molar-refractivity contribution is 5.23. The average molecular weight is 219 g/mol. The smallest absolute Gasteiger partial charge is 0.0471 e. The van der Waals surface area contributed by atoms with Crippen LogP contribution in [0.3, 0.4) is 0 Å². The molecule has 0 amide bonds. The van der Waals surface area contributed by atoms with E-state index in [1.165, 1.54) is 43.5 Å². The molecule has 0 saturated carbocycles. The topological polar surface area (TPSA) is 32.3 Å². The zero-order valence-corrected chi connectivity index (χ0v) is 9.78. The molecule has 2 rings (SSSR count). The lowest BCUT2D eigenvalue weighted by Crippen LogP contribution is -2.30. The molecule has 1 aliphatic heterocycles. The van der Waals surface area contributed by atoms with Gasteiger partial charge < -0.3 is 10.4 Å². The average Bonchev–Trinajstić information content (AvgIpc) is 2.33. The molecule has 16 heavy (non-hydrogen) atoms. The summed E-state index contributed by atoms with van der Waals surface area (Å²) in [6.07, 6.45) is 4.62. The van der Waals surface area contributed by atoms with Crippen LogP contribution in [0.5, 0.6) is 0 Å². The van der Waals surface area contributed by atoms with Crippen molar-refractivity contribution in [2.75, 3.05) is 19.7 Å². The van der Waals surface area contributed by atoms with Gasteiger partial charge in [-0.2, -0.15) is 0 Å². The molecule has 1 fully saturated rings. The first kappa shape index (κ1) is 11.6. The van der Waals surface area contributed by atoms with Gasteiger partial charge in [-0.05, 0) is 55.8 Å². The summed E-state index contributed by atoms with van der Waals surface area (Å²) >= 11 is 0. The third-order valence-corrected chi connectivity index (χ3v) is 3.35. The Labute approximate surface area is 97.7 Å². The number of hydrogen-bond acceptors (Lipinski definition) is 2. The van der Waals surface area contributed by atoms with Crippen molar-refractivity contribution in [1.82, 2.24) is 5.32 Å². The first-order valence-electron chi connectivity index (χ1n) is 6.28. The Hall–Kier alpha value is -0.860. The maximum Gasteiger partial charge on any atom is 0.0471 e. The van der Waals surface area contributed by atoms with Gasteiger partial charge in [0, 0.05) is 6.61 Å². The van der Waals surface area contributed by atoms with Crippen LogP contribution in [0.1, 0.15) is 24.0 Å². The minimum absolute atomic E-state index is 0.242. The van der Waals surface area contributed by atoms with Gasteiger partial charge in [0.15, 0.2) is 0 Å². The number of hydrogen-bond donors (Lipinski definition) is 2. The number of aliphatic hydroxyl groups excluding tert-OH is 1. The molecule has 1 unspecified atom stereocenters. The van der Waals surface area contributed by atoms with Crippen LogP contribution in [-0.2, 0) is 12.8 Å². The van der Waals surface area contributed by atoms with Gasteiger partial charge in [0.05, 0.1) is 0 Å². The summed E-state index contributed by atoms with van der Waals surface area (Å²) in [4.78, 5) is 0. The molecule has 2 heteroatoms. The van der Waals surface area contributed by atoms with E-state index in [-0.39, 0.29) is 6.61 Å². The molecule has 1 heterocycles. The van der Waals surface area contributed by atoms with E-state index in [9.17, 15) is 0 Å². The van der Waals surface area contributed by atoms with E-state index in [4.69, 9.17) is 5.11 Å². The second-order valence-electron chi connectivity index (χ2n) is 4.71. The van der Waals surface area contributed by atoms with E-state index >= 15 is 0 Å². The number of piperidine rings is 1. The van der Waals surface area contributed by atoms with Crippen molar-refractivity contribution < 1.29 is 5.11 Å². The van der Waals surface area contributed by atoms with Crippen LogP contribution in [0.2, 0.25) is 0 Å². The predicted molar refractivity (Wildman–Crippen MR) is 66.5 cm³/mol. The summed E-state index contributed by atoms with van der Waals surface area (Å²) < 4.78 is 0.